The van der Waals surface area contributed by atoms with Crippen molar-refractivity contribution < 1.29 is 19.1 Å². The highest BCUT2D eigenvalue weighted by Gasteiger charge is 2.28. The van der Waals surface area contributed by atoms with E-state index in [4.69, 9.17) is 14.7 Å². The van der Waals surface area contributed by atoms with E-state index in [1.807, 2.05) is 0 Å². The molecule has 21 heavy (non-hydrogen) atoms. The highest BCUT2D eigenvalue weighted by Crippen LogP contribution is 2.21. The Morgan fingerprint density at radius 3 is 2.29 bits per heavy atom. The van der Waals surface area contributed by atoms with Crippen LogP contribution in [0.2, 0.25) is 0 Å². The maximum Gasteiger partial charge on any atom is 0.348 e. The predicted molar refractivity (Wildman–Crippen MR) is 87.2 cm³/mol. The first-order chi connectivity index (χ1) is 9.79. The second-order valence-electron chi connectivity index (χ2n) is 4.60. The number of hydrogen-bond acceptors (Lipinski definition) is 6. The third kappa shape index (κ3) is 7.04. The molecule has 0 bridgehead atoms. The molecule has 0 aliphatic carbocycles. The number of carbonyl (C=O) groups excluding carboxylic acids is 2. The first-order valence-electron chi connectivity index (χ1n) is 5.90. The van der Waals surface area contributed by atoms with Crippen LogP contribution in [0.3, 0.4) is 0 Å². The second kappa shape index (κ2) is 9.28. The highest BCUT2D eigenvalue weighted by atomic mass is 127. The van der Waals surface area contributed by atoms with Crippen molar-refractivity contribution in [3.05, 3.63) is 24.3 Å². The number of esters is 2. The van der Waals surface area contributed by atoms with Crippen molar-refractivity contribution in [2.45, 2.75) is 6.92 Å². The van der Waals surface area contributed by atoms with Crippen LogP contribution in [-0.4, -0.2) is 42.8 Å². The van der Waals surface area contributed by atoms with Crippen LogP contribution in [-0.2, 0) is 19.1 Å². The summed E-state index contributed by atoms with van der Waals surface area (Å²) in [5, 5.41) is 8.54. The molecule has 0 rings (SSSR count). The summed E-state index contributed by atoms with van der Waals surface area (Å²) < 4.78 is 10.7. The van der Waals surface area contributed by atoms with Crippen LogP contribution in [0.15, 0.2) is 29.3 Å². The Hall–Kier alpha value is -1.69. The average Bonchev–Trinajstić information content (AvgIpc) is 2.49. The van der Waals surface area contributed by atoms with Crippen LogP contribution >= 0.6 is 22.6 Å². The smallest absolute Gasteiger partial charge is 0.348 e. The lowest BCUT2D eigenvalue weighted by Gasteiger charge is -2.26. The van der Waals surface area contributed by atoms with E-state index in [1.165, 1.54) is 13.3 Å². The van der Waals surface area contributed by atoms with Crippen LogP contribution in [0, 0.1) is 16.7 Å². The number of ether oxygens (including phenoxy) is 2. The molecule has 0 aromatic carbocycles. The minimum atomic E-state index is -0.776. The van der Waals surface area contributed by atoms with Crippen molar-refractivity contribution in [2.24, 2.45) is 10.4 Å². The fraction of sp³-hybridized carbons (Fsp3) is 0.429. The van der Waals surface area contributed by atoms with Gasteiger partial charge in [0.25, 0.3) is 0 Å². The van der Waals surface area contributed by atoms with Gasteiger partial charge in [-0.3, -0.25) is 4.99 Å². The van der Waals surface area contributed by atoms with Crippen LogP contribution in [0.25, 0.3) is 0 Å². The Balaban J connectivity index is 4.51. The van der Waals surface area contributed by atoms with Crippen molar-refractivity contribution in [1.29, 1.82) is 5.26 Å². The second-order valence-corrected chi connectivity index (χ2v) is 5.36. The van der Waals surface area contributed by atoms with Gasteiger partial charge in [-0.25, -0.2) is 9.59 Å². The largest absolute Gasteiger partial charge is 0.461 e. The van der Waals surface area contributed by atoms with E-state index in [-0.39, 0.29) is 24.4 Å². The molecular formula is C14H17IN2O4. The molecule has 0 aromatic heterocycles. The molecule has 1 atom stereocenters. The summed E-state index contributed by atoms with van der Waals surface area (Å²) in [5.74, 6) is -1.35. The predicted octanol–water partition coefficient (Wildman–Crippen LogP) is 1.85. The summed E-state index contributed by atoms with van der Waals surface area (Å²) in [6.07, 6.45) is 1.31. The van der Waals surface area contributed by atoms with Crippen LogP contribution in [0.5, 0.6) is 0 Å². The maximum absolute atomic E-state index is 11.6. The zero-order valence-corrected chi connectivity index (χ0v) is 14.2. The molecule has 0 heterocycles. The van der Waals surface area contributed by atoms with Crippen LogP contribution in [0.1, 0.15) is 6.92 Å². The third-order valence-corrected chi connectivity index (χ3v) is 4.20. The van der Waals surface area contributed by atoms with Gasteiger partial charge in [-0.05, 0) is 0 Å². The number of carbonyl (C=O) groups is 2. The van der Waals surface area contributed by atoms with E-state index < -0.39 is 17.4 Å². The lowest BCUT2D eigenvalue weighted by atomic mass is 9.96. The number of aliphatic imine (C=N–C) groups is 1. The molecule has 0 saturated carbocycles. The van der Waals surface area contributed by atoms with E-state index >= 15 is 0 Å². The molecule has 7 heteroatoms. The van der Waals surface area contributed by atoms with Crippen molar-refractivity contribution in [1.82, 2.24) is 0 Å². The van der Waals surface area contributed by atoms with E-state index in [1.54, 1.807) is 13.0 Å². The highest BCUT2D eigenvalue weighted by molar-refractivity contribution is 14.1. The van der Waals surface area contributed by atoms with Gasteiger partial charge in [-0.1, -0.05) is 42.7 Å². The van der Waals surface area contributed by atoms with Gasteiger partial charge in [0.15, 0.2) is 0 Å². The Morgan fingerprint density at radius 2 is 1.86 bits per heavy atom. The van der Waals surface area contributed by atoms with E-state index in [0.29, 0.717) is 4.43 Å². The topological polar surface area (TPSA) is 88.8 Å². The summed E-state index contributed by atoms with van der Waals surface area (Å²) >= 11 is 2.10. The molecule has 0 aliphatic rings. The fourth-order valence-corrected chi connectivity index (χ4v) is 1.47. The minimum absolute atomic E-state index is 0.0110. The molecule has 0 amide bonds. The summed E-state index contributed by atoms with van der Waals surface area (Å²) in [6, 6.07) is 1.62. The molecule has 1 unspecified atom stereocenters. The lowest BCUT2D eigenvalue weighted by molar-refractivity contribution is -0.146. The van der Waals surface area contributed by atoms with Gasteiger partial charge in [-0.15, -0.1) is 0 Å². The Bertz CT molecular complexity index is 508. The van der Waals surface area contributed by atoms with Gasteiger partial charge >= 0.3 is 11.9 Å². The van der Waals surface area contributed by atoms with E-state index in [2.05, 4.69) is 40.7 Å². The number of nitrogens with zero attached hydrogens (tertiary/aromatic N) is 2. The molecule has 0 saturated heterocycles. The summed E-state index contributed by atoms with van der Waals surface area (Å²) in [4.78, 5) is 26.7. The SMILES string of the molecule is C=C(C#N)C(=O)OCC(C)(CI)COC(=O)C(=C)C=NC. The van der Waals surface area contributed by atoms with Gasteiger partial charge in [0.05, 0.1) is 5.57 Å². The minimum Gasteiger partial charge on any atom is -0.461 e. The number of halogens is 1. The first kappa shape index (κ1) is 19.3. The molecule has 114 valence electrons. The number of hydrogen-bond donors (Lipinski definition) is 0. The average molecular weight is 404 g/mol. The number of nitriles is 1. The standard InChI is InChI=1S/C14H17IN2O4/c1-10(5-16)12(18)20-8-14(3,7-15)9-21-13(19)11(2)6-17-4/h6H,1-2,7-9H2,3-4H3. The molecule has 0 spiro atoms. The molecule has 0 aliphatic heterocycles. The fourth-order valence-electron chi connectivity index (χ4n) is 1.03. The van der Waals surface area contributed by atoms with Crippen LogP contribution < -0.4 is 0 Å². The number of alkyl halides is 1. The normalized spacial score (nSPS) is 13.0. The maximum atomic E-state index is 11.6. The third-order valence-electron chi connectivity index (χ3n) is 2.35. The molecule has 0 N–H and O–H groups in total. The molecular weight excluding hydrogens is 387 g/mol. The van der Waals surface area contributed by atoms with Gasteiger partial charge in [0.2, 0.25) is 0 Å². The quantitative estimate of drug-likeness (QED) is 0.154. The van der Waals surface area contributed by atoms with E-state index in [9.17, 15) is 9.59 Å². The van der Waals surface area contributed by atoms with E-state index in [0.717, 1.165) is 0 Å². The van der Waals surface area contributed by atoms with Gasteiger partial charge < -0.3 is 9.47 Å². The Labute approximate surface area is 137 Å². The van der Waals surface area contributed by atoms with Crippen molar-refractivity contribution in [3.8, 4) is 6.07 Å². The lowest BCUT2D eigenvalue weighted by Crippen LogP contribution is -2.33. The van der Waals surface area contributed by atoms with Crippen molar-refractivity contribution in [3.63, 3.8) is 0 Å². The Morgan fingerprint density at radius 1 is 1.33 bits per heavy atom. The zero-order chi connectivity index (χ0) is 16.5. The van der Waals surface area contributed by atoms with Gasteiger partial charge in [0, 0.05) is 23.1 Å². The number of rotatable bonds is 8. The molecule has 0 radical (unpaired) electrons. The van der Waals surface area contributed by atoms with Gasteiger partial charge in [-0.2, -0.15) is 5.26 Å². The summed E-state index contributed by atoms with van der Waals surface area (Å²) in [6.45, 7) is 8.65. The van der Waals surface area contributed by atoms with Crippen LogP contribution in [0.4, 0.5) is 0 Å². The Kier molecular flexibility index (Phi) is 8.54. The molecule has 0 fully saturated rings. The molecule has 0 aromatic rings. The summed E-state index contributed by atoms with van der Waals surface area (Å²) in [7, 11) is 1.52. The first-order valence-corrected chi connectivity index (χ1v) is 7.42. The van der Waals surface area contributed by atoms with Crippen molar-refractivity contribution >= 4 is 40.7 Å². The van der Waals surface area contributed by atoms with Crippen molar-refractivity contribution in [2.75, 3.05) is 24.7 Å². The summed E-state index contributed by atoms with van der Waals surface area (Å²) in [5.41, 5.74) is -0.691. The zero-order valence-electron chi connectivity index (χ0n) is 12.0. The van der Waals surface area contributed by atoms with Gasteiger partial charge in [0.1, 0.15) is 24.9 Å². The molecule has 6 nitrogen and oxygen atoms in total. The monoisotopic (exact) mass is 404 g/mol.